The van der Waals surface area contributed by atoms with Crippen LogP contribution in [-0.2, 0) is 0 Å². The second-order valence-corrected chi connectivity index (χ2v) is 5.62. The summed E-state index contributed by atoms with van der Waals surface area (Å²) in [6.07, 6.45) is 3.52. The van der Waals surface area contributed by atoms with Gasteiger partial charge in [0.15, 0.2) is 0 Å². The van der Waals surface area contributed by atoms with Gasteiger partial charge in [-0.15, -0.1) is 0 Å². The van der Waals surface area contributed by atoms with E-state index in [0.717, 1.165) is 25.7 Å². The van der Waals surface area contributed by atoms with Crippen LogP contribution < -0.4 is 11.1 Å². The molecule has 1 aliphatic rings. The van der Waals surface area contributed by atoms with Crippen LogP contribution in [-0.4, -0.2) is 27.2 Å². The molecule has 0 unspecified atom stereocenters. The van der Waals surface area contributed by atoms with Gasteiger partial charge >= 0.3 is 5.69 Å². The van der Waals surface area contributed by atoms with E-state index in [1.807, 2.05) is 0 Å². The molecule has 1 fully saturated rings. The van der Waals surface area contributed by atoms with Gasteiger partial charge < -0.3 is 16.2 Å². The number of hydrogen-bond donors (Lipinski definition) is 3. The van der Waals surface area contributed by atoms with Crippen molar-refractivity contribution >= 4 is 17.3 Å². The summed E-state index contributed by atoms with van der Waals surface area (Å²) in [5.41, 5.74) is 4.59. The first-order valence-corrected chi connectivity index (χ1v) is 6.77. The van der Waals surface area contributed by atoms with Crippen molar-refractivity contribution < 1.29 is 10.0 Å². The molecular weight excluding hydrogens is 260 g/mol. The van der Waals surface area contributed by atoms with Gasteiger partial charge in [-0.25, -0.2) is 4.98 Å². The van der Waals surface area contributed by atoms with Crippen LogP contribution in [0.25, 0.3) is 0 Å². The van der Waals surface area contributed by atoms with Crippen molar-refractivity contribution in [2.24, 2.45) is 5.92 Å². The minimum atomic E-state index is -0.731. The highest BCUT2D eigenvalue weighted by Crippen LogP contribution is 2.32. The van der Waals surface area contributed by atoms with Crippen LogP contribution in [0.1, 0.15) is 32.6 Å². The summed E-state index contributed by atoms with van der Waals surface area (Å²) >= 11 is 0. The molecule has 7 nitrogen and oxygen atoms in total. The molecule has 0 radical (unpaired) electrons. The molecule has 0 aliphatic heterocycles. The van der Waals surface area contributed by atoms with Crippen LogP contribution in [0.3, 0.4) is 0 Å². The maximum atomic E-state index is 10.6. The number of nitrogens with zero attached hydrogens (tertiary/aromatic N) is 2. The normalized spacial score (nSPS) is 26.2. The molecule has 0 saturated heterocycles. The molecule has 7 heteroatoms. The van der Waals surface area contributed by atoms with E-state index in [2.05, 4.69) is 17.2 Å². The first-order valence-electron chi connectivity index (χ1n) is 6.77. The Hall–Kier alpha value is -1.89. The standard InChI is InChI=1S/C13H20N4O3/c1-9-4-6-13(18,7-5-9)8-15-11-3-2-10(17(19)20)12(14)16-11/h2-3,9,18H,4-8H2,1H3,(H3,14,15,16). The Bertz CT molecular complexity index is 498. The quantitative estimate of drug-likeness (QED) is 0.573. The predicted molar refractivity (Wildman–Crippen MR) is 76.4 cm³/mol. The van der Waals surface area contributed by atoms with E-state index in [-0.39, 0.29) is 11.5 Å². The van der Waals surface area contributed by atoms with Crippen LogP contribution in [0, 0.1) is 16.0 Å². The Balaban J connectivity index is 1.97. The molecule has 110 valence electrons. The van der Waals surface area contributed by atoms with Crippen LogP contribution in [0.2, 0.25) is 0 Å². The summed E-state index contributed by atoms with van der Waals surface area (Å²) in [7, 11) is 0. The van der Waals surface area contributed by atoms with E-state index in [0.29, 0.717) is 18.3 Å². The Kier molecular flexibility index (Phi) is 4.08. The highest BCUT2D eigenvalue weighted by atomic mass is 16.6. The first kappa shape index (κ1) is 14.5. The predicted octanol–water partition coefficient (Wildman–Crippen LogP) is 1.93. The highest BCUT2D eigenvalue weighted by molar-refractivity contribution is 5.57. The number of nitro groups is 1. The van der Waals surface area contributed by atoms with Gasteiger partial charge in [-0.1, -0.05) is 6.92 Å². The summed E-state index contributed by atoms with van der Waals surface area (Å²) in [5, 5.41) is 24.1. The zero-order valence-corrected chi connectivity index (χ0v) is 11.5. The lowest BCUT2D eigenvalue weighted by Gasteiger charge is -2.35. The lowest BCUT2D eigenvalue weighted by molar-refractivity contribution is -0.384. The van der Waals surface area contributed by atoms with Crippen LogP contribution in [0.15, 0.2) is 12.1 Å². The molecule has 0 atom stereocenters. The monoisotopic (exact) mass is 280 g/mol. The third kappa shape index (κ3) is 3.36. The Labute approximate surface area is 117 Å². The highest BCUT2D eigenvalue weighted by Gasteiger charge is 2.31. The van der Waals surface area contributed by atoms with E-state index >= 15 is 0 Å². The minimum absolute atomic E-state index is 0.121. The summed E-state index contributed by atoms with van der Waals surface area (Å²) < 4.78 is 0. The Morgan fingerprint density at radius 1 is 1.55 bits per heavy atom. The van der Waals surface area contributed by atoms with E-state index in [4.69, 9.17) is 5.73 Å². The van der Waals surface area contributed by atoms with E-state index in [9.17, 15) is 15.2 Å². The van der Waals surface area contributed by atoms with Crippen LogP contribution >= 0.6 is 0 Å². The molecule has 2 rings (SSSR count). The summed E-state index contributed by atoms with van der Waals surface area (Å²) in [6, 6.07) is 2.82. The number of anilines is 2. The second kappa shape index (κ2) is 5.62. The van der Waals surface area contributed by atoms with E-state index in [1.54, 1.807) is 0 Å². The Morgan fingerprint density at radius 3 is 2.75 bits per heavy atom. The van der Waals surface area contributed by atoms with Gasteiger partial charge in [-0.2, -0.15) is 0 Å². The van der Waals surface area contributed by atoms with Crippen molar-refractivity contribution in [1.82, 2.24) is 4.98 Å². The van der Waals surface area contributed by atoms with E-state index in [1.165, 1.54) is 12.1 Å². The number of hydrogen-bond acceptors (Lipinski definition) is 6. The van der Waals surface area contributed by atoms with Gasteiger partial charge in [-0.05, 0) is 37.7 Å². The van der Waals surface area contributed by atoms with Crippen molar-refractivity contribution in [3.05, 3.63) is 22.2 Å². The number of nitrogens with one attached hydrogen (secondary N) is 1. The maximum Gasteiger partial charge on any atom is 0.311 e. The van der Waals surface area contributed by atoms with Gasteiger partial charge in [0.1, 0.15) is 5.82 Å². The van der Waals surface area contributed by atoms with Crippen molar-refractivity contribution in [3.8, 4) is 0 Å². The lowest BCUT2D eigenvalue weighted by atomic mass is 9.79. The van der Waals surface area contributed by atoms with Crippen molar-refractivity contribution in [2.45, 2.75) is 38.2 Å². The fourth-order valence-corrected chi connectivity index (χ4v) is 2.45. The molecule has 1 aromatic heterocycles. The minimum Gasteiger partial charge on any atom is -0.388 e. The van der Waals surface area contributed by atoms with Gasteiger partial charge in [0.05, 0.1) is 10.5 Å². The molecule has 0 bridgehead atoms. The van der Waals surface area contributed by atoms with Gasteiger partial charge in [0.25, 0.3) is 0 Å². The smallest absolute Gasteiger partial charge is 0.311 e. The molecule has 1 aromatic rings. The van der Waals surface area contributed by atoms with Crippen molar-refractivity contribution in [2.75, 3.05) is 17.6 Å². The first-order chi connectivity index (χ1) is 9.39. The van der Waals surface area contributed by atoms with Crippen molar-refractivity contribution in [1.29, 1.82) is 0 Å². The SMILES string of the molecule is CC1CCC(O)(CNc2ccc([N+](=O)[O-])c(N)n2)CC1. The summed E-state index contributed by atoms with van der Waals surface area (Å²) in [4.78, 5) is 14.0. The summed E-state index contributed by atoms with van der Waals surface area (Å²) in [5.74, 6) is 0.979. The molecule has 20 heavy (non-hydrogen) atoms. The summed E-state index contributed by atoms with van der Waals surface area (Å²) in [6.45, 7) is 2.57. The third-order valence-electron chi connectivity index (χ3n) is 3.90. The number of aliphatic hydroxyl groups is 1. The lowest BCUT2D eigenvalue weighted by Crippen LogP contribution is -2.40. The zero-order valence-electron chi connectivity index (χ0n) is 11.5. The maximum absolute atomic E-state index is 10.6. The molecular formula is C13H20N4O3. The average molecular weight is 280 g/mol. The topological polar surface area (TPSA) is 114 Å². The molecule has 1 aliphatic carbocycles. The molecule has 0 aromatic carbocycles. The zero-order chi connectivity index (χ0) is 14.8. The third-order valence-corrected chi connectivity index (χ3v) is 3.90. The fraction of sp³-hybridized carbons (Fsp3) is 0.615. The number of rotatable bonds is 4. The largest absolute Gasteiger partial charge is 0.388 e. The average Bonchev–Trinajstić information content (AvgIpc) is 2.40. The number of aromatic nitrogens is 1. The van der Waals surface area contributed by atoms with Crippen molar-refractivity contribution in [3.63, 3.8) is 0 Å². The molecule has 4 N–H and O–H groups in total. The number of pyridine rings is 1. The molecule has 1 heterocycles. The number of nitrogens with two attached hydrogens (primary N) is 1. The van der Waals surface area contributed by atoms with Gasteiger partial charge in [0.2, 0.25) is 5.82 Å². The fourth-order valence-electron chi connectivity index (χ4n) is 2.45. The molecule has 1 saturated carbocycles. The van der Waals surface area contributed by atoms with Gasteiger partial charge in [-0.3, -0.25) is 10.1 Å². The van der Waals surface area contributed by atoms with Gasteiger partial charge in [0, 0.05) is 12.6 Å². The second-order valence-electron chi connectivity index (χ2n) is 5.62. The van der Waals surface area contributed by atoms with E-state index < -0.39 is 10.5 Å². The Morgan fingerprint density at radius 2 is 2.20 bits per heavy atom. The van der Waals surface area contributed by atoms with Crippen LogP contribution in [0.5, 0.6) is 0 Å². The molecule has 0 amide bonds. The van der Waals surface area contributed by atoms with Crippen LogP contribution in [0.4, 0.5) is 17.3 Å². The molecule has 0 spiro atoms. The number of nitrogen functional groups attached to an aromatic ring is 1.